The SMILES string of the molecule is CN(C)c1cccc2cccc(N(C)CCO)c12. The Labute approximate surface area is 108 Å². The van der Waals surface area contributed by atoms with E-state index in [0.717, 1.165) is 5.69 Å². The Kier molecular flexibility index (Phi) is 3.72. The van der Waals surface area contributed by atoms with Crippen molar-refractivity contribution in [3.8, 4) is 0 Å². The van der Waals surface area contributed by atoms with Crippen LogP contribution in [0.5, 0.6) is 0 Å². The first-order valence-corrected chi connectivity index (χ1v) is 6.16. The second-order valence-electron chi connectivity index (χ2n) is 4.69. The lowest BCUT2D eigenvalue weighted by atomic mass is 10.1. The van der Waals surface area contributed by atoms with Crippen LogP contribution in [-0.2, 0) is 0 Å². The lowest BCUT2D eigenvalue weighted by molar-refractivity contribution is 0.304. The van der Waals surface area contributed by atoms with Gasteiger partial charge >= 0.3 is 0 Å². The van der Waals surface area contributed by atoms with Crippen LogP contribution in [-0.4, -0.2) is 39.4 Å². The van der Waals surface area contributed by atoms with Crippen molar-refractivity contribution in [3.05, 3.63) is 36.4 Å². The highest BCUT2D eigenvalue weighted by Crippen LogP contribution is 2.33. The number of hydrogen-bond acceptors (Lipinski definition) is 3. The summed E-state index contributed by atoms with van der Waals surface area (Å²) in [6.07, 6.45) is 0. The molecule has 0 saturated carbocycles. The summed E-state index contributed by atoms with van der Waals surface area (Å²) in [4.78, 5) is 4.22. The van der Waals surface area contributed by atoms with Crippen molar-refractivity contribution < 1.29 is 5.11 Å². The average molecular weight is 244 g/mol. The number of nitrogens with zero attached hydrogens (tertiary/aromatic N) is 2. The molecular formula is C15H20N2O. The van der Waals surface area contributed by atoms with Crippen molar-refractivity contribution in [3.63, 3.8) is 0 Å². The third-order valence-electron chi connectivity index (χ3n) is 3.19. The van der Waals surface area contributed by atoms with Crippen LogP contribution < -0.4 is 9.80 Å². The second kappa shape index (κ2) is 5.27. The largest absolute Gasteiger partial charge is 0.395 e. The molecule has 96 valence electrons. The molecule has 0 unspecified atom stereocenters. The van der Waals surface area contributed by atoms with Crippen LogP contribution in [0.1, 0.15) is 0 Å². The van der Waals surface area contributed by atoms with Gasteiger partial charge in [0.05, 0.1) is 6.61 Å². The number of hydrogen-bond donors (Lipinski definition) is 1. The fourth-order valence-electron chi connectivity index (χ4n) is 2.26. The molecule has 2 aromatic carbocycles. The zero-order chi connectivity index (χ0) is 13.1. The van der Waals surface area contributed by atoms with Crippen molar-refractivity contribution in [2.75, 3.05) is 44.1 Å². The van der Waals surface area contributed by atoms with E-state index >= 15 is 0 Å². The summed E-state index contributed by atoms with van der Waals surface area (Å²) in [7, 11) is 6.12. The molecule has 1 N–H and O–H groups in total. The minimum atomic E-state index is 0.164. The fraction of sp³-hybridized carbons (Fsp3) is 0.333. The third kappa shape index (κ3) is 2.27. The van der Waals surface area contributed by atoms with Gasteiger partial charge in [0.2, 0.25) is 0 Å². The molecule has 0 fully saturated rings. The van der Waals surface area contributed by atoms with E-state index in [1.807, 2.05) is 7.05 Å². The van der Waals surface area contributed by atoms with Gasteiger partial charge in [-0.2, -0.15) is 0 Å². The van der Waals surface area contributed by atoms with E-state index in [4.69, 9.17) is 5.11 Å². The second-order valence-corrected chi connectivity index (χ2v) is 4.69. The summed E-state index contributed by atoms with van der Waals surface area (Å²) in [6.45, 7) is 0.803. The van der Waals surface area contributed by atoms with Crippen LogP contribution in [0.2, 0.25) is 0 Å². The van der Waals surface area contributed by atoms with E-state index in [2.05, 4.69) is 60.3 Å². The molecule has 0 saturated heterocycles. The van der Waals surface area contributed by atoms with Crippen LogP contribution in [0, 0.1) is 0 Å². The maximum atomic E-state index is 9.10. The summed E-state index contributed by atoms with van der Waals surface area (Å²) in [6, 6.07) is 12.6. The van der Waals surface area contributed by atoms with Crippen LogP contribution in [0.25, 0.3) is 10.8 Å². The van der Waals surface area contributed by atoms with Gasteiger partial charge in [0.15, 0.2) is 0 Å². The Morgan fingerprint density at radius 3 is 2.11 bits per heavy atom. The standard InChI is InChI=1S/C15H20N2O/c1-16(2)13-8-4-6-12-7-5-9-14(15(12)13)17(3)10-11-18/h4-9,18H,10-11H2,1-3H3. The molecule has 0 bridgehead atoms. The quantitative estimate of drug-likeness (QED) is 0.894. The number of aliphatic hydroxyl groups excluding tert-OH is 1. The van der Waals surface area contributed by atoms with Gasteiger partial charge in [-0.25, -0.2) is 0 Å². The van der Waals surface area contributed by atoms with Crippen LogP contribution in [0.3, 0.4) is 0 Å². The van der Waals surface area contributed by atoms with Gasteiger partial charge in [-0.1, -0.05) is 24.3 Å². The normalized spacial score (nSPS) is 10.7. The van der Waals surface area contributed by atoms with Crippen LogP contribution >= 0.6 is 0 Å². The van der Waals surface area contributed by atoms with E-state index in [9.17, 15) is 0 Å². The van der Waals surface area contributed by atoms with Crippen molar-refractivity contribution in [1.29, 1.82) is 0 Å². The van der Waals surface area contributed by atoms with Gasteiger partial charge in [0.1, 0.15) is 0 Å². The molecule has 0 aliphatic rings. The predicted molar refractivity (Wildman–Crippen MR) is 78.6 cm³/mol. The highest BCUT2D eigenvalue weighted by Gasteiger charge is 2.10. The summed E-state index contributed by atoms with van der Waals surface area (Å²) in [5.74, 6) is 0. The average Bonchev–Trinajstić information content (AvgIpc) is 2.37. The van der Waals surface area contributed by atoms with E-state index in [1.165, 1.54) is 16.5 Å². The fourth-order valence-corrected chi connectivity index (χ4v) is 2.26. The Morgan fingerprint density at radius 1 is 0.944 bits per heavy atom. The summed E-state index contributed by atoms with van der Waals surface area (Å²) in [5, 5.41) is 11.6. The smallest absolute Gasteiger partial charge is 0.0606 e. The number of anilines is 2. The molecule has 0 aliphatic heterocycles. The number of aliphatic hydroxyl groups is 1. The van der Waals surface area contributed by atoms with E-state index in [1.54, 1.807) is 0 Å². The molecule has 0 atom stereocenters. The van der Waals surface area contributed by atoms with Gasteiger partial charge in [0.25, 0.3) is 0 Å². The maximum absolute atomic E-state index is 9.10. The zero-order valence-electron chi connectivity index (χ0n) is 11.2. The molecule has 0 radical (unpaired) electrons. The van der Waals surface area contributed by atoms with Gasteiger partial charge in [-0.15, -0.1) is 0 Å². The van der Waals surface area contributed by atoms with Gasteiger partial charge < -0.3 is 14.9 Å². The van der Waals surface area contributed by atoms with Crippen LogP contribution in [0.15, 0.2) is 36.4 Å². The van der Waals surface area contributed by atoms with Crippen molar-refractivity contribution in [1.82, 2.24) is 0 Å². The maximum Gasteiger partial charge on any atom is 0.0606 e. The lowest BCUT2D eigenvalue weighted by Crippen LogP contribution is -2.22. The monoisotopic (exact) mass is 244 g/mol. The summed E-state index contributed by atoms with van der Waals surface area (Å²) < 4.78 is 0. The molecule has 3 heteroatoms. The minimum Gasteiger partial charge on any atom is -0.395 e. The first-order valence-electron chi connectivity index (χ1n) is 6.16. The molecule has 0 amide bonds. The van der Waals surface area contributed by atoms with Crippen LogP contribution in [0.4, 0.5) is 11.4 Å². The number of fused-ring (bicyclic) bond motifs is 1. The lowest BCUT2D eigenvalue weighted by Gasteiger charge is -2.24. The first kappa shape index (κ1) is 12.7. The van der Waals surface area contributed by atoms with Gasteiger partial charge in [0, 0.05) is 44.4 Å². The molecule has 0 aromatic heterocycles. The predicted octanol–water partition coefficient (Wildman–Crippen LogP) is 2.33. The Bertz CT molecular complexity index is 532. The third-order valence-corrected chi connectivity index (χ3v) is 3.19. The van der Waals surface area contributed by atoms with E-state index in [0.29, 0.717) is 6.54 Å². The summed E-state index contributed by atoms with van der Waals surface area (Å²) >= 11 is 0. The minimum absolute atomic E-state index is 0.164. The highest BCUT2D eigenvalue weighted by molar-refractivity contribution is 6.03. The number of likely N-dealkylation sites (N-methyl/N-ethyl adjacent to an activating group) is 1. The molecule has 2 aromatic rings. The topological polar surface area (TPSA) is 26.7 Å². The number of rotatable bonds is 4. The zero-order valence-corrected chi connectivity index (χ0v) is 11.2. The molecule has 3 nitrogen and oxygen atoms in total. The van der Waals surface area contributed by atoms with Crippen molar-refractivity contribution >= 4 is 22.1 Å². The van der Waals surface area contributed by atoms with E-state index in [-0.39, 0.29) is 6.61 Å². The van der Waals surface area contributed by atoms with E-state index < -0.39 is 0 Å². The van der Waals surface area contributed by atoms with Gasteiger partial charge in [-0.3, -0.25) is 0 Å². The molecule has 18 heavy (non-hydrogen) atoms. The van der Waals surface area contributed by atoms with Gasteiger partial charge in [-0.05, 0) is 17.5 Å². The summed E-state index contributed by atoms with van der Waals surface area (Å²) in [5.41, 5.74) is 2.36. The molecule has 0 spiro atoms. The Hall–Kier alpha value is -1.74. The Balaban J connectivity index is 2.65. The molecular weight excluding hydrogens is 224 g/mol. The molecule has 2 rings (SSSR count). The Morgan fingerprint density at radius 2 is 1.56 bits per heavy atom. The molecule has 0 aliphatic carbocycles. The van der Waals surface area contributed by atoms with Crippen molar-refractivity contribution in [2.45, 2.75) is 0 Å². The molecule has 0 heterocycles. The highest BCUT2D eigenvalue weighted by atomic mass is 16.3. The first-order chi connectivity index (χ1) is 8.65. The number of benzene rings is 2. The van der Waals surface area contributed by atoms with Crippen molar-refractivity contribution in [2.24, 2.45) is 0 Å².